The van der Waals surface area contributed by atoms with Gasteiger partial charge in [-0.15, -0.1) is 5.10 Å². The van der Waals surface area contributed by atoms with Gasteiger partial charge in [-0.25, -0.2) is 4.68 Å². The van der Waals surface area contributed by atoms with Crippen LogP contribution in [0.5, 0.6) is 0 Å². The fraction of sp³-hybridized carbons (Fsp3) is 0.444. The first-order valence-electron chi connectivity index (χ1n) is 8.60. The molecule has 1 fully saturated rings. The van der Waals surface area contributed by atoms with E-state index in [2.05, 4.69) is 10.3 Å². The number of carboxylic acid groups (broad SMARTS) is 1. The maximum atomic E-state index is 12.7. The number of nitrogens with zero attached hydrogens (tertiary/aromatic N) is 4. The second kappa shape index (κ2) is 7.92. The van der Waals surface area contributed by atoms with Gasteiger partial charge in [-0.05, 0) is 25.7 Å². The second-order valence-electron chi connectivity index (χ2n) is 6.34. The van der Waals surface area contributed by atoms with Gasteiger partial charge in [0.05, 0.1) is 6.20 Å². The van der Waals surface area contributed by atoms with Crippen molar-refractivity contribution in [2.45, 2.75) is 44.7 Å². The van der Waals surface area contributed by atoms with Crippen LogP contribution in [0.25, 0.3) is 11.3 Å². The van der Waals surface area contributed by atoms with Crippen LogP contribution in [0.15, 0.2) is 36.5 Å². The number of amides is 1. The van der Waals surface area contributed by atoms with Crippen LogP contribution in [-0.2, 0) is 16.1 Å². The van der Waals surface area contributed by atoms with Gasteiger partial charge in [0.2, 0.25) is 5.91 Å². The summed E-state index contributed by atoms with van der Waals surface area (Å²) in [6.45, 7) is 0.812. The molecule has 1 aliphatic rings. The molecular weight excluding hydrogens is 320 g/mol. The minimum atomic E-state index is -0.818. The van der Waals surface area contributed by atoms with Crippen molar-refractivity contribution in [2.24, 2.45) is 0 Å². The summed E-state index contributed by atoms with van der Waals surface area (Å²) >= 11 is 0. The molecule has 1 aliphatic heterocycles. The van der Waals surface area contributed by atoms with E-state index in [-0.39, 0.29) is 24.9 Å². The summed E-state index contributed by atoms with van der Waals surface area (Å²) in [6.07, 6.45) is 5.23. The summed E-state index contributed by atoms with van der Waals surface area (Å²) in [5, 5.41) is 17.1. The first kappa shape index (κ1) is 17.1. The van der Waals surface area contributed by atoms with Gasteiger partial charge in [-0.3, -0.25) is 9.59 Å². The molecule has 0 bridgehead atoms. The van der Waals surface area contributed by atoms with Crippen LogP contribution in [0.3, 0.4) is 0 Å². The highest BCUT2D eigenvalue weighted by Crippen LogP contribution is 2.22. The van der Waals surface area contributed by atoms with Crippen LogP contribution in [0.4, 0.5) is 0 Å². The van der Waals surface area contributed by atoms with Crippen molar-refractivity contribution in [1.82, 2.24) is 19.9 Å². The Labute approximate surface area is 146 Å². The largest absolute Gasteiger partial charge is 0.481 e. The van der Waals surface area contributed by atoms with E-state index < -0.39 is 5.97 Å². The third-order valence-electron chi connectivity index (χ3n) is 4.54. The molecule has 0 radical (unpaired) electrons. The molecule has 7 nitrogen and oxygen atoms in total. The zero-order valence-electron chi connectivity index (χ0n) is 14.0. The number of aromatic nitrogens is 3. The summed E-state index contributed by atoms with van der Waals surface area (Å²) in [6, 6.07) is 9.70. The molecular formula is C18H22N4O3. The number of aliphatic carboxylic acids is 1. The predicted molar refractivity (Wildman–Crippen MR) is 91.7 cm³/mol. The van der Waals surface area contributed by atoms with Crippen molar-refractivity contribution in [3.8, 4) is 11.3 Å². The van der Waals surface area contributed by atoms with Crippen LogP contribution in [0.2, 0.25) is 0 Å². The van der Waals surface area contributed by atoms with Crippen molar-refractivity contribution >= 4 is 11.9 Å². The quantitative estimate of drug-likeness (QED) is 0.869. The highest BCUT2D eigenvalue weighted by molar-refractivity contribution is 5.76. The number of benzene rings is 1. The average molecular weight is 342 g/mol. The number of piperidine rings is 1. The lowest BCUT2D eigenvalue weighted by Crippen LogP contribution is -2.45. The van der Waals surface area contributed by atoms with Gasteiger partial charge in [0.25, 0.3) is 0 Å². The van der Waals surface area contributed by atoms with Crippen LogP contribution >= 0.6 is 0 Å². The maximum Gasteiger partial charge on any atom is 0.303 e. The van der Waals surface area contributed by atoms with E-state index in [0.717, 1.165) is 30.5 Å². The van der Waals surface area contributed by atoms with E-state index in [1.165, 1.54) is 0 Å². The summed E-state index contributed by atoms with van der Waals surface area (Å²) in [5.74, 6) is -0.846. The van der Waals surface area contributed by atoms with Crippen molar-refractivity contribution in [2.75, 3.05) is 6.54 Å². The summed E-state index contributed by atoms with van der Waals surface area (Å²) in [5.41, 5.74) is 1.69. The van der Waals surface area contributed by atoms with E-state index in [9.17, 15) is 9.59 Å². The SMILES string of the molecule is O=C(O)CC[C@H]1CCCCN1C(=O)Cn1cc(-c2ccccc2)nn1. The number of carbonyl (C=O) groups is 2. The Hall–Kier alpha value is -2.70. The number of carboxylic acids is 1. The zero-order valence-corrected chi connectivity index (χ0v) is 14.0. The molecule has 132 valence electrons. The molecule has 2 heterocycles. The lowest BCUT2D eigenvalue weighted by atomic mass is 9.98. The Morgan fingerprint density at radius 1 is 1.20 bits per heavy atom. The van der Waals surface area contributed by atoms with Crippen LogP contribution in [-0.4, -0.2) is 49.5 Å². The van der Waals surface area contributed by atoms with Gasteiger partial charge in [0, 0.05) is 24.6 Å². The van der Waals surface area contributed by atoms with Gasteiger partial charge in [-0.2, -0.15) is 0 Å². The molecule has 1 saturated heterocycles. The normalized spacial score (nSPS) is 17.4. The molecule has 0 spiro atoms. The topological polar surface area (TPSA) is 88.3 Å². The lowest BCUT2D eigenvalue weighted by molar-refractivity contribution is -0.140. The number of hydrogen-bond acceptors (Lipinski definition) is 4. The van der Waals surface area contributed by atoms with Gasteiger partial charge < -0.3 is 10.0 Å². The van der Waals surface area contributed by atoms with Crippen LogP contribution < -0.4 is 0 Å². The lowest BCUT2D eigenvalue weighted by Gasteiger charge is -2.35. The van der Waals surface area contributed by atoms with Crippen LogP contribution in [0.1, 0.15) is 32.1 Å². The third kappa shape index (κ3) is 4.43. The zero-order chi connectivity index (χ0) is 17.6. The summed E-state index contributed by atoms with van der Waals surface area (Å²) < 4.78 is 1.55. The van der Waals surface area contributed by atoms with E-state index in [1.54, 1.807) is 10.9 Å². The Morgan fingerprint density at radius 3 is 2.76 bits per heavy atom. The molecule has 1 amide bonds. The maximum absolute atomic E-state index is 12.7. The molecule has 0 unspecified atom stereocenters. The highest BCUT2D eigenvalue weighted by atomic mass is 16.4. The second-order valence-corrected chi connectivity index (χ2v) is 6.34. The summed E-state index contributed by atoms with van der Waals surface area (Å²) in [7, 11) is 0. The average Bonchev–Trinajstić information content (AvgIpc) is 3.09. The van der Waals surface area contributed by atoms with Gasteiger partial charge in [-0.1, -0.05) is 35.5 Å². The fourth-order valence-electron chi connectivity index (χ4n) is 3.27. The third-order valence-corrected chi connectivity index (χ3v) is 4.54. The monoisotopic (exact) mass is 342 g/mol. The standard InChI is InChI=1S/C18H22N4O3/c23-17(22-11-5-4-8-15(22)9-10-18(24)25)13-21-12-16(19-20-21)14-6-2-1-3-7-14/h1-3,6-7,12,15H,4-5,8-11,13H2,(H,24,25)/t15-/m1/s1. The minimum absolute atomic E-state index is 0.00876. The van der Waals surface area contributed by atoms with Gasteiger partial charge >= 0.3 is 5.97 Å². The van der Waals surface area contributed by atoms with Gasteiger partial charge in [0.15, 0.2) is 0 Å². The number of rotatable bonds is 6. The van der Waals surface area contributed by atoms with Crippen molar-refractivity contribution in [3.63, 3.8) is 0 Å². The molecule has 1 atom stereocenters. The van der Waals surface area contributed by atoms with E-state index in [4.69, 9.17) is 5.11 Å². The van der Waals surface area contributed by atoms with E-state index >= 15 is 0 Å². The first-order chi connectivity index (χ1) is 12.1. The van der Waals surface area contributed by atoms with Crippen molar-refractivity contribution < 1.29 is 14.7 Å². The molecule has 0 saturated carbocycles. The highest BCUT2D eigenvalue weighted by Gasteiger charge is 2.27. The molecule has 0 aliphatic carbocycles. The van der Waals surface area contributed by atoms with Crippen LogP contribution in [0, 0.1) is 0 Å². The fourth-order valence-corrected chi connectivity index (χ4v) is 3.27. The Morgan fingerprint density at radius 2 is 2.00 bits per heavy atom. The van der Waals surface area contributed by atoms with E-state index in [0.29, 0.717) is 13.0 Å². The molecule has 7 heteroatoms. The minimum Gasteiger partial charge on any atom is -0.481 e. The van der Waals surface area contributed by atoms with Crippen molar-refractivity contribution in [3.05, 3.63) is 36.5 Å². The molecule has 1 N–H and O–H groups in total. The number of hydrogen-bond donors (Lipinski definition) is 1. The molecule has 2 aromatic rings. The first-order valence-corrected chi connectivity index (χ1v) is 8.60. The Balaban J connectivity index is 1.64. The van der Waals surface area contributed by atoms with Gasteiger partial charge in [0.1, 0.15) is 12.2 Å². The Kier molecular flexibility index (Phi) is 5.42. The predicted octanol–water partition coefficient (Wildman–Crippen LogP) is 2.19. The molecule has 1 aromatic heterocycles. The number of carbonyl (C=O) groups excluding carboxylic acids is 1. The summed E-state index contributed by atoms with van der Waals surface area (Å²) in [4.78, 5) is 25.3. The Bertz CT molecular complexity index is 729. The number of likely N-dealkylation sites (tertiary alicyclic amines) is 1. The molecule has 1 aromatic carbocycles. The van der Waals surface area contributed by atoms with E-state index in [1.807, 2.05) is 35.2 Å². The molecule has 3 rings (SSSR count). The molecule has 25 heavy (non-hydrogen) atoms. The van der Waals surface area contributed by atoms with Crippen molar-refractivity contribution in [1.29, 1.82) is 0 Å². The smallest absolute Gasteiger partial charge is 0.303 e.